The van der Waals surface area contributed by atoms with Crippen molar-refractivity contribution in [3.05, 3.63) is 49.3 Å². The van der Waals surface area contributed by atoms with Gasteiger partial charge in [0.15, 0.2) is 0 Å². The molecule has 0 aliphatic heterocycles. The number of amides is 1. The summed E-state index contributed by atoms with van der Waals surface area (Å²) in [6, 6.07) is 9.22. The molecular formula is C22H32ClIrN2O2. The molecule has 0 unspecified atom stereocenters. The molecule has 4 nitrogen and oxygen atoms in total. The molecule has 0 atom stereocenters. The van der Waals surface area contributed by atoms with Gasteiger partial charge >= 0.3 is 27.5 Å². The van der Waals surface area contributed by atoms with E-state index in [1.165, 1.54) is 25.0 Å². The Labute approximate surface area is 184 Å². The third-order valence-electron chi connectivity index (χ3n) is 6.14. The second-order valence-corrected chi connectivity index (χ2v) is 7.23. The number of rotatable bonds is 1. The minimum atomic E-state index is -0.617. The van der Waals surface area contributed by atoms with E-state index in [0.29, 0.717) is 11.2 Å². The van der Waals surface area contributed by atoms with Gasteiger partial charge in [-0.1, -0.05) is 58.9 Å². The van der Waals surface area contributed by atoms with Crippen LogP contribution in [0.5, 0.6) is 0 Å². The number of pyridine rings is 1. The van der Waals surface area contributed by atoms with Gasteiger partial charge in [0.05, 0.1) is 12.6 Å². The molecule has 1 aromatic carbocycles. The fourth-order valence-electron chi connectivity index (χ4n) is 3.72. The Morgan fingerprint density at radius 1 is 0.964 bits per heavy atom. The van der Waals surface area contributed by atoms with Crippen LogP contribution in [0, 0.1) is 37.0 Å². The second-order valence-electron chi connectivity index (χ2n) is 7.23. The van der Waals surface area contributed by atoms with Crippen LogP contribution in [-0.4, -0.2) is 18.2 Å². The average Bonchev–Trinajstić information content (AvgIpc) is 2.88. The molecule has 6 heteroatoms. The van der Waals surface area contributed by atoms with Crippen molar-refractivity contribution in [3.63, 3.8) is 0 Å². The molecule has 3 rings (SSSR count). The van der Waals surface area contributed by atoms with E-state index in [1.54, 1.807) is 12.3 Å². The molecule has 1 saturated carbocycles. The van der Waals surface area contributed by atoms with Crippen molar-refractivity contribution in [1.82, 2.24) is 4.98 Å². The molecule has 1 fully saturated rings. The van der Waals surface area contributed by atoms with Crippen molar-refractivity contribution in [2.75, 3.05) is 7.11 Å². The van der Waals surface area contributed by atoms with Crippen LogP contribution in [0.1, 0.15) is 34.6 Å². The third kappa shape index (κ3) is 6.72. The summed E-state index contributed by atoms with van der Waals surface area (Å²) < 4.78 is 4.47. The van der Waals surface area contributed by atoms with Crippen molar-refractivity contribution in [3.8, 4) is 0 Å². The predicted octanol–water partition coefficient (Wildman–Crippen LogP) is 7.32. The van der Waals surface area contributed by atoms with Crippen molar-refractivity contribution in [1.29, 1.82) is 0 Å². The van der Waals surface area contributed by atoms with Crippen LogP contribution >= 0.6 is 9.58 Å². The van der Waals surface area contributed by atoms with Gasteiger partial charge in [-0.05, 0) is 41.0 Å². The summed E-state index contributed by atoms with van der Waals surface area (Å²) >= 11 is 1.47. The summed E-state index contributed by atoms with van der Waals surface area (Å²) in [5.41, 5.74) is 1.23. The van der Waals surface area contributed by atoms with Gasteiger partial charge in [-0.3, -0.25) is 9.78 Å². The fourth-order valence-corrected chi connectivity index (χ4v) is 3.72. The van der Waals surface area contributed by atoms with E-state index in [2.05, 4.69) is 59.2 Å². The summed E-state index contributed by atoms with van der Waals surface area (Å²) in [7, 11) is 5.93. The third-order valence-corrected chi connectivity index (χ3v) is 6.14. The Kier molecular flexibility index (Phi) is 12.6. The van der Waals surface area contributed by atoms with Crippen LogP contribution in [0.3, 0.4) is 0 Å². The second kappa shape index (κ2) is 13.1. The Morgan fingerprint density at radius 3 is 1.89 bits per heavy atom. The van der Waals surface area contributed by atoms with Crippen LogP contribution in [0.25, 0.3) is 16.2 Å². The van der Waals surface area contributed by atoms with E-state index in [-0.39, 0.29) is 7.43 Å². The van der Waals surface area contributed by atoms with Crippen LogP contribution in [0.15, 0.2) is 36.5 Å². The molecule has 2 aromatic rings. The summed E-state index contributed by atoms with van der Waals surface area (Å²) in [6.07, 6.45) is 1.05. The molecule has 1 amide bonds. The topological polar surface area (TPSA) is 53.3 Å². The maximum absolute atomic E-state index is 11.0. The minimum absolute atomic E-state index is 0. The van der Waals surface area contributed by atoms with Gasteiger partial charge in [-0.2, -0.15) is 0 Å². The average molecular weight is 584 g/mol. The summed E-state index contributed by atoms with van der Waals surface area (Å²) in [4.78, 5) is 15.2. The summed E-state index contributed by atoms with van der Waals surface area (Å²) in [5.74, 6) is 4.68. The molecule has 0 saturated heterocycles. The van der Waals surface area contributed by atoms with E-state index < -0.39 is 6.09 Å². The number of carbonyl (C=O) groups is 1. The molecule has 1 aromatic heterocycles. The number of carbonyl (C=O) groups excluding carboxylic acids is 1. The molecule has 1 aliphatic rings. The summed E-state index contributed by atoms with van der Waals surface area (Å²) in [5, 5.41) is 4.73. The van der Waals surface area contributed by atoms with Gasteiger partial charge in [0, 0.05) is 6.20 Å². The molecule has 0 bridgehead atoms. The van der Waals surface area contributed by atoms with E-state index >= 15 is 0 Å². The first-order chi connectivity index (χ1) is 12.9. The fraction of sp³-hybridized carbons (Fsp3) is 0.500. The van der Waals surface area contributed by atoms with Crippen molar-refractivity contribution >= 4 is 32.3 Å². The van der Waals surface area contributed by atoms with Gasteiger partial charge in [0.25, 0.3) is 0 Å². The SMILES string of the molecule is CC1C(C)C(C)C(C)C1C.COC(=O)[N-]c1cccc2cccnc12.[CH3-].[Cl][Ir+2]. The number of nitrogens with zero attached hydrogens (tertiary/aromatic N) is 2. The number of ether oxygens (including phenoxy) is 1. The molecular weight excluding hydrogens is 552 g/mol. The zero-order valence-corrected chi connectivity index (χ0v) is 20.9. The van der Waals surface area contributed by atoms with E-state index in [0.717, 1.165) is 35.0 Å². The molecule has 1 aliphatic carbocycles. The van der Waals surface area contributed by atoms with E-state index in [4.69, 9.17) is 0 Å². The van der Waals surface area contributed by atoms with Crippen molar-refractivity contribution in [2.45, 2.75) is 34.6 Å². The maximum atomic E-state index is 11.0. The van der Waals surface area contributed by atoms with Crippen LogP contribution < -0.4 is 0 Å². The number of halogens is 1. The Balaban J connectivity index is 0.000000493. The van der Waals surface area contributed by atoms with Gasteiger partial charge in [0.1, 0.15) is 0 Å². The van der Waals surface area contributed by atoms with Crippen molar-refractivity contribution in [2.24, 2.45) is 29.6 Å². The zero-order chi connectivity index (χ0) is 20.6. The van der Waals surface area contributed by atoms with Gasteiger partial charge in [-0.25, -0.2) is 0 Å². The number of fused-ring (bicyclic) bond motifs is 1. The first kappa shape index (κ1) is 26.8. The zero-order valence-electron chi connectivity index (χ0n) is 17.8. The number of methoxy groups -OCH3 is 1. The van der Waals surface area contributed by atoms with Crippen LogP contribution in [0.4, 0.5) is 10.5 Å². The molecule has 0 radical (unpaired) electrons. The number of aromatic nitrogens is 1. The number of benzene rings is 1. The Bertz CT molecular complexity index is 678. The predicted molar refractivity (Wildman–Crippen MR) is 115 cm³/mol. The molecule has 0 spiro atoms. The van der Waals surface area contributed by atoms with Crippen molar-refractivity contribution < 1.29 is 27.4 Å². The monoisotopic (exact) mass is 584 g/mol. The standard InChI is InChI=1S/C11H10N2O2.C10H20.CH3.ClH.Ir/c1-15-11(14)13-9-6-2-4-8-5-3-7-12-10(8)9;1-6-7(2)9(4)10(5)8(6)3;;;/h2-7H,1H3,(H,13,14);6-10H,1-5H3;1H3;1H;/q;;-1;;+3/p-2. The number of hydrogen-bond acceptors (Lipinski definition) is 3. The first-order valence-electron chi connectivity index (χ1n) is 9.12. The first-order valence-corrected chi connectivity index (χ1v) is 12.1. The Morgan fingerprint density at radius 2 is 1.43 bits per heavy atom. The quantitative estimate of drug-likeness (QED) is 0.330. The van der Waals surface area contributed by atoms with Gasteiger partial charge < -0.3 is 17.5 Å². The molecule has 158 valence electrons. The van der Waals surface area contributed by atoms with Crippen LogP contribution in [0.2, 0.25) is 0 Å². The normalized spacial score (nSPS) is 25.4. The summed E-state index contributed by atoms with van der Waals surface area (Å²) in [6.45, 7) is 12.0. The van der Waals surface area contributed by atoms with Gasteiger partial charge in [0.2, 0.25) is 6.09 Å². The van der Waals surface area contributed by atoms with Crippen LogP contribution in [-0.2, 0) is 22.6 Å². The molecule has 0 N–H and O–H groups in total. The molecule has 1 heterocycles. The Hall–Kier alpha value is -1.16. The number of para-hydroxylation sites is 1. The number of hydrogen-bond donors (Lipinski definition) is 0. The molecule has 28 heavy (non-hydrogen) atoms. The van der Waals surface area contributed by atoms with Gasteiger partial charge in [-0.15, -0.1) is 5.69 Å². The van der Waals surface area contributed by atoms with E-state index in [1.807, 2.05) is 24.3 Å². The van der Waals surface area contributed by atoms with E-state index in [9.17, 15) is 4.79 Å².